The van der Waals surface area contributed by atoms with Gasteiger partial charge in [0.05, 0.1) is 16.3 Å². The van der Waals surface area contributed by atoms with Gasteiger partial charge >= 0.3 is 0 Å². The van der Waals surface area contributed by atoms with E-state index in [2.05, 4.69) is 20.8 Å². The van der Waals surface area contributed by atoms with E-state index in [4.69, 9.17) is 5.14 Å². The van der Waals surface area contributed by atoms with E-state index >= 15 is 0 Å². The van der Waals surface area contributed by atoms with Gasteiger partial charge in [-0.1, -0.05) is 13.3 Å². The third-order valence-corrected chi connectivity index (χ3v) is 4.13. The van der Waals surface area contributed by atoms with Gasteiger partial charge in [0.1, 0.15) is 0 Å². The summed E-state index contributed by atoms with van der Waals surface area (Å²) < 4.78 is 22.9. The molecular weight excluding hydrogens is 318 g/mol. The van der Waals surface area contributed by atoms with E-state index in [1.165, 1.54) is 18.2 Å². The molecule has 0 aliphatic rings. The zero-order chi connectivity index (χ0) is 17.0. The van der Waals surface area contributed by atoms with Gasteiger partial charge in [0, 0.05) is 12.7 Å². The molecule has 0 saturated carbocycles. The van der Waals surface area contributed by atoms with E-state index in [0.717, 1.165) is 18.5 Å². The summed E-state index contributed by atoms with van der Waals surface area (Å²) in [4.78, 5) is 12.2. The van der Waals surface area contributed by atoms with Gasteiger partial charge in [0.25, 0.3) is 5.91 Å². The number of aryl methyl sites for hydroxylation is 1. The average Bonchev–Trinajstić information content (AvgIpc) is 2.95. The molecule has 0 unspecified atom stereocenters. The van der Waals surface area contributed by atoms with Gasteiger partial charge in [-0.05, 0) is 30.7 Å². The number of carbonyl (C=O) groups is 1. The number of aromatic amines is 1. The van der Waals surface area contributed by atoms with Crippen LogP contribution in [0.3, 0.4) is 0 Å². The lowest BCUT2D eigenvalue weighted by Crippen LogP contribution is -2.16. The fourth-order valence-corrected chi connectivity index (χ4v) is 2.62. The maximum absolute atomic E-state index is 12.3. The Balaban J connectivity index is 2.28. The van der Waals surface area contributed by atoms with Crippen molar-refractivity contribution < 1.29 is 13.2 Å². The summed E-state index contributed by atoms with van der Waals surface area (Å²) in [6.45, 7) is 2.03. The Morgan fingerprint density at radius 1 is 1.30 bits per heavy atom. The standard InChI is InChI=1S/C14H19N5O3S/c1-3-4-9-7-13(19-18-9)14(20)17-12-8-10(23(15,21)22)5-6-11(12)16-2/h5-8,16H,3-4H2,1-2H3,(H,17,20)(H,18,19)(H2,15,21,22). The van der Waals surface area contributed by atoms with Crippen molar-refractivity contribution in [2.75, 3.05) is 17.7 Å². The molecule has 0 aliphatic carbocycles. The normalized spacial score (nSPS) is 11.3. The highest BCUT2D eigenvalue weighted by Gasteiger charge is 2.15. The van der Waals surface area contributed by atoms with Crippen molar-refractivity contribution >= 4 is 27.3 Å². The lowest BCUT2D eigenvalue weighted by Gasteiger charge is -2.11. The molecule has 1 heterocycles. The fraction of sp³-hybridized carbons (Fsp3) is 0.286. The van der Waals surface area contributed by atoms with E-state index in [-0.39, 0.29) is 10.6 Å². The molecule has 1 aromatic heterocycles. The van der Waals surface area contributed by atoms with Crippen molar-refractivity contribution in [1.82, 2.24) is 10.2 Å². The number of aromatic nitrogens is 2. The second-order valence-corrected chi connectivity index (χ2v) is 6.55. The van der Waals surface area contributed by atoms with Crippen LogP contribution in [0.5, 0.6) is 0 Å². The number of primary sulfonamides is 1. The molecule has 0 atom stereocenters. The highest BCUT2D eigenvalue weighted by atomic mass is 32.2. The number of benzene rings is 1. The minimum atomic E-state index is -3.85. The quantitative estimate of drug-likeness (QED) is 0.631. The molecule has 5 N–H and O–H groups in total. The maximum Gasteiger partial charge on any atom is 0.276 e. The van der Waals surface area contributed by atoms with Crippen LogP contribution >= 0.6 is 0 Å². The largest absolute Gasteiger partial charge is 0.386 e. The number of nitrogens with two attached hydrogens (primary N) is 1. The third kappa shape index (κ3) is 4.08. The molecule has 0 saturated heterocycles. The molecule has 0 bridgehead atoms. The third-order valence-electron chi connectivity index (χ3n) is 3.22. The van der Waals surface area contributed by atoms with Crippen molar-refractivity contribution in [3.8, 4) is 0 Å². The Kier molecular flexibility index (Phi) is 5.02. The van der Waals surface area contributed by atoms with Crippen LogP contribution in [0.15, 0.2) is 29.2 Å². The molecule has 8 nitrogen and oxygen atoms in total. The first kappa shape index (κ1) is 17.0. The average molecular weight is 337 g/mol. The number of anilines is 2. The zero-order valence-corrected chi connectivity index (χ0v) is 13.7. The number of carbonyl (C=O) groups excluding carboxylic acids is 1. The van der Waals surface area contributed by atoms with Crippen LogP contribution in [0.4, 0.5) is 11.4 Å². The second-order valence-electron chi connectivity index (χ2n) is 4.98. The fourth-order valence-electron chi connectivity index (χ4n) is 2.08. The van der Waals surface area contributed by atoms with Gasteiger partial charge in [-0.3, -0.25) is 9.89 Å². The smallest absolute Gasteiger partial charge is 0.276 e. The summed E-state index contributed by atoms with van der Waals surface area (Å²) in [6, 6.07) is 5.87. The minimum absolute atomic E-state index is 0.0829. The Hall–Kier alpha value is -2.39. The van der Waals surface area contributed by atoms with Gasteiger partial charge in [-0.15, -0.1) is 0 Å². The topological polar surface area (TPSA) is 130 Å². The molecule has 0 spiro atoms. The van der Waals surface area contributed by atoms with Crippen LogP contribution in [0, 0.1) is 0 Å². The number of hydrogen-bond acceptors (Lipinski definition) is 5. The van der Waals surface area contributed by atoms with Crippen molar-refractivity contribution in [3.05, 3.63) is 35.7 Å². The summed E-state index contributed by atoms with van der Waals surface area (Å²) in [5, 5.41) is 17.4. The van der Waals surface area contributed by atoms with Gasteiger partial charge in [-0.2, -0.15) is 5.10 Å². The van der Waals surface area contributed by atoms with Crippen molar-refractivity contribution in [1.29, 1.82) is 0 Å². The number of nitrogens with one attached hydrogen (secondary N) is 3. The molecule has 2 aromatic rings. The van der Waals surface area contributed by atoms with E-state index in [1.807, 2.05) is 6.92 Å². The number of rotatable bonds is 6. The van der Waals surface area contributed by atoms with E-state index < -0.39 is 15.9 Å². The summed E-state index contributed by atoms with van der Waals surface area (Å²) in [6.07, 6.45) is 1.73. The monoisotopic (exact) mass is 337 g/mol. The highest BCUT2D eigenvalue weighted by molar-refractivity contribution is 7.89. The molecule has 2 rings (SSSR count). The van der Waals surface area contributed by atoms with Crippen LogP contribution in [0.25, 0.3) is 0 Å². The zero-order valence-electron chi connectivity index (χ0n) is 12.9. The molecule has 0 radical (unpaired) electrons. The molecule has 124 valence electrons. The van der Waals surface area contributed by atoms with Gasteiger partial charge < -0.3 is 10.6 Å². The second kappa shape index (κ2) is 6.80. The number of sulfonamides is 1. The Labute approximate surface area is 134 Å². The highest BCUT2D eigenvalue weighted by Crippen LogP contribution is 2.25. The SMILES string of the molecule is CCCc1cc(C(=O)Nc2cc(S(N)(=O)=O)ccc2NC)n[nH]1. The van der Waals surface area contributed by atoms with Gasteiger partial charge in [0.2, 0.25) is 10.0 Å². The predicted octanol–water partition coefficient (Wildman–Crippen LogP) is 1.30. The minimum Gasteiger partial charge on any atom is -0.386 e. The van der Waals surface area contributed by atoms with Crippen molar-refractivity contribution in [3.63, 3.8) is 0 Å². The molecule has 23 heavy (non-hydrogen) atoms. The summed E-state index contributed by atoms with van der Waals surface area (Å²) in [5.41, 5.74) is 1.97. The molecule has 0 aliphatic heterocycles. The first-order valence-electron chi connectivity index (χ1n) is 7.05. The molecule has 1 amide bonds. The number of amides is 1. The summed E-state index contributed by atoms with van der Waals surface area (Å²) in [7, 11) is -2.19. The van der Waals surface area contributed by atoms with Gasteiger partial charge in [0.15, 0.2) is 5.69 Å². The van der Waals surface area contributed by atoms with Crippen LogP contribution in [-0.4, -0.2) is 31.6 Å². The first-order chi connectivity index (χ1) is 10.8. The van der Waals surface area contributed by atoms with E-state index in [9.17, 15) is 13.2 Å². The Morgan fingerprint density at radius 3 is 2.65 bits per heavy atom. The maximum atomic E-state index is 12.3. The van der Waals surface area contributed by atoms with Crippen LogP contribution in [-0.2, 0) is 16.4 Å². The number of H-pyrrole nitrogens is 1. The van der Waals surface area contributed by atoms with Gasteiger partial charge in [-0.25, -0.2) is 13.6 Å². The summed E-state index contributed by atoms with van der Waals surface area (Å²) in [5.74, 6) is -0.438. The number of nitrogens with zero attached hydrogens (tertiary/aromatic N) is 1. The molecule has 9 heteroatoms. The predicted molar refractivity (Wildman–Crippen MR) is 87.9 cm³/mol. The van der Waals surface area contributed by atoms with Crippen molar-refractivity contribution in [2.24, 2.45) is 5.14 Å². The molecular formula is C14H19N5O3S. The van der Waals surface area contributed by atoms with Crippen molar-refractivity contribution in [2.45, 2.75) is 24.7 Å². The lowest BCUT2D eigenvalue weighted by molar-refractivity contribution is 0.102. The van der Waals surface area contributed by atoms with Crippen LogP contribution in [0.1, 0.15) is 29.5 Å². The van der Waals surface area contributed by atoms with Crippen LogP contribution in [0.2, 0.25) is 0 Å². The first-order valence-corrected chi connectivity index (χ1v) is 8.60. The van der Waals surface area contributed by atoms with E-state index in [1.54, 1.807) is 13.1 Å². The van der Waals surface area contributed by atoms with E-state index in [0.29, 0.717) is 11.4 Å². The molecule has 1 aromatic carbocycles. The lowest BCUT2D eigenvalue weighted by atomic mass is 10.2. The Bertz CT molecular complexity index is 814. The van der Waals surface area contributed by atoms with Crippen LogP contribution < -0.4 is 15.8 Å². The summed E-state index contributed by atoms with van der Waals surface area (Å²) >= 11 is 0. The Morgan fingerprint density at radius 2 is 2.04 bits per heavy atom. The molecule has 0 fully saturated rings. The number of hydrogen-bond donors (Lipinski definition) is 4.